The summed E-state index contributed by atoms with van der Waals surface area (Å²) in [5.41, 5.74) is 4.70. The van der Waals surface area contributed by atoms with Crippen LogP contribution in [0.1, 0.15) is 34.4 Å². The van der Waals surface area contributed by atoms with Crippen LogP contribution in [-0.2, 0) is 19.3 Å². The molecular formula is C24H24ClN3O2. The quantitative estimate of drug-likeness (QED) is 0.617. The van der Waals surface area contributed by atoms with Gasteiger partial charge in [-0.05, 0) is 30.7 Å². The first-order valence-corrected chi connectivity index (χ1v) is 10.6. The number of carbonyl (C=O) groups excluding carboxylic acids is 1. The third-order valence-corrected chi connectivity index (χ3v) is 5.70. The van der Waals surface area contributed by atoms with Gasteiger partial charge in [-0.25, -0.2) is 9.97 Å². The summed E-state index contributed by atoms with van der Waals surface area (Å²) in [5, 5.41) is 0.697. The molecular weight excluding hydrogens is 398 g/mol. The van der Waals surface area contributed by atoms with Crippen LogP contribution in [0.15, 0.2) is 48.5 Å². The lowest BCUT2D eigenvalue weighted by molar-refractivity contribution is 0.0759. The molecule has 0 radical (unpaired) electrons. The molecule has 0 saturated heterocycles. The molecule has 1 amide bonds. The number of methoxy groups -OCH3 is 1. The third-order valence-electron chi connectivity index (χ3n) is 5.45. The zero-order chi connectivity index (χ0) is 21.1. The van der Waals surface area contributed by atoms with E-state index >= 15 is 0 Å². The number of halogens is 1. The van der Waals surface area contributed by atoms with E-state index in [2.05, 4.69) is 6.92 Å². The SMILES string of the molecule is CCc1nc2c(c(-c3ccc(Cl)cc3)n1)CCN(C(=O)c1ccccc1OC)CC2. The largest absolute Gasteiger partial charge is 0.496 e. The number of ether oxygens (including phenoxy) is 1. The van der Waals surface area contributed by atoms with Gasteiger partial charge in [0.15, 0.2) is 0 Å². The Morgan fingerprint density at radius 2 is 1.80 bits per heavy atom. The van der Waals surface area contributed by atoms with Crippen molar-refractivity contribution in [3.8, 4) is 17.0 Å². The monoisotopic (exact) mass is 421 g/mol. The van der Waals surface area contributed by atoms with Gasteiger partial charge in [-0.15, -0.1) is 0 Å². The molecule has 2 heterocycles. The number of amides is 1. The molecule has 0 saturated carbocycles. The van der Waals surface area contributed by atoms with Gasteiger partial charge in [0.25, 0.3) is 5.91 Å². The van der Waals surface area contributed by atoms with Crippen LogP contribution in [-0.4, -0.2) is 41.0 Å². The second kappa shape index (κ2) is 8.84. The van der Waals surface area contributed by atoms with E-state index in [1.807, 2.05) is 53.4 Å². The number of benzene rings is 2. The molecule has 0 atom stereocenters. The molecule has 5 nitrogen and oxygen atoms in total. The van der Waals surface area contributed by atoms with Gasteiger partial charge < -0.3 is 9.64 Å². The Hall–Kier alpha value is -2.92. The number of carbonyl (C=O) groups is 1. The average molecular weight is 422 g/mol. The van der Waals surface area contributed by atoms with Crippen molar-refractivity contribution in [3.05, 3.63) is 76.2 Å². The van der Waals surface area contributed by atoms with Gasteiger partial charge in [-0.1, -0.05) is 42.8 Å². The maximum absolute atomic E-state index is 13.2. The molecule has 0 aliphatic carbocycles. The molecule has 30 heavy (non-hydrogen) atoms. The number of hydrogen-bond acceptors (Lipinski definition) is 4. The highest BCUT2D eigenvalue weighted by atomic mass is 35.5. The molecule has 0 unspecified atom stereocenters. The van der Waals surface area contributed by atoms with Crippen molar-refractivity contribution in [2.75, 3.05) is 20.2 Å². The summed E-state index contributed by atoms with van der Waals surface area (Å²) >= 11 is 6.08. The summed E-state index contributed by atoms with van der Waals surface area (Å²) < 4.78 is 5.39. The lowest BCUT2D eigenvalue weighted by atomic mass is 10.0. The highest BCUT2D eigenvalue weighted by Crippen LogP contribution is 2.29. The van der Waals surface area contributed by atoms with Crippen LogP contribution >= 0.6 is 11.6 Å². The lowest BCUT2D eigenvalue weighted by Gasteiger charge is -2.21. The maximum Gasteiger partial charge on any atom is 0.257 e. The Labute approximate surface area is 181 Å². The molecule has 3 aromatic rings. The Balaban J connectivity index is 1.67. The van der Waals surface area contributed by atoms with Crippen LogP contribution in [0.2, 0.25) is 5.02 Å². The van der Waals surface area contributed by atoms with Crippen LogP contribution in [0.3, 0.4) is 0 Å². The maximum atomic E-state index is 13.2. The fraction of sp³-hybridized carbons (Fsp3) is 0.292. The van der Waals surface area contributed by atoms with E-state index in [0.29, 0.717) is 42.3 Å². The normalized spacial score (nSPS) is 13.5. The van der Waals surface area contributed by atoms with Gasteiger partial charge >= 0.3 is 0 Å². The summed E-state index contributed by atoms with van der Waals surface area (Å²) in [4.78, 5) is 24.7. The topological polar surface area (TPSA) is 55.3 Å². The zero-order valence-electron chi connectivity index (χ0n) is 17.2. The van der Waals surface area contributed by atoms with Gasteiger partial charge in [0.1, 0.15) is 11.6 Å². The van der Waals surface area contributed by atoms with E-state index in [-0.39, 0.29) is 5.91 Å². The van der Waals surface area contributed by atoms with Crippen molar-refractivity contribution < 1.29 is 9.53 Å². The first-order valence-electron chi connectivity index (χ1n) is 10.2. The number of hydrogen-bond donors (Lipinski definition) is 0. The van der Waals surface area contributed by atoms with Crippen LogP contribution in [0, 0.1) is 0 Å². The average Bonchev–Trinajstić information content (AvgIpc) is 3.01. The van der Waals surface area contributed by atoms with E-state index in [9.17, 15) is 4.79 Å². The number of fused-ring (bicyclic) bond motifs is 1. The molecule has 1 aliphatic heterocycles. The van der Waals surface area contributed by atoms with Crippen molar-refractivity contribution >= 4 is 17.5 Å². The minimum absolute atomic E-state index is 0.0167. The summed E-state index contributed by atoms with van der Waals surface area (Å²) in [6.45, 7) is 3.28. The molecule has 2 aromatic carbocycles. The first-order chi connectivity index (χ1) is 14.6. The number of rotatable bonds is 4. The third kappa shape index (κ3) is 4.03. The minimum Gasteiger partial charge on any atom is -0.496 e. The molecule has 1 aromatic heterocycles. The van der Waals surface area contributed by atoms with E-state index in [1.165, 1.54) is 0 Å². The minimum atomic E-state index is -0.0167. The Morgan fingerprint density at radius 3 is 2.53 bits per heavy atom. The van der Waals surface area contributed by atoms with Crippen LogP contribution < -0.4 is 4.74 Å². The number of para-hydroxylation sites is 1. The van der Waals surface area contributed by atoms with Crippen molar-refractivity contribution in [1.82, 2.24) is 14.9 Å². The Kier molecular flexibility index (Phi) is 6.00. The number of aromatic nitrogens is 2. The molecule has 1 aliphatic rings. The van der Waals surface area contributed by atoms with E-state index in [0.717, 1.165) is 34.8 Å². The van der Waals surface area contributed by atoms with E-state index in [4.69, 9.17) is 26.3 Å². The predicted octanol–water partition coefficient (Wildman–Crippen LogP) is 4.61. The summed E-state index contributed by atoms with van der Waals surface area (Å²) in [6, 6.07) is 15.1. The smallest absolute Gasteiger partial charge is 0.257 e. The Morgan fingerprint density at radius 1 is 1.07 bits per heavy atom. The number of aryl methyl sites for hydroxylation is 1. The first kappa shape index (κ1) is 20.4. The molecule has 0 bridgehead atoms. The van der Waals surface area contributed by atoms with Crippen LogP contribution in [0.5, 0.6) is 5.75 Å². The van der Waals surface area contributed by atoms with Gasteiger partial charge in [0.2, 0.25) is 0 Å². The molecule has 154 valence electrons. The fourth-order valence-electron chi connectivity index (χ4n) is 3.85. The highest BCUT2D eigenvalue weighted by molar-refractivity contribution is 6.30. The van der Waals surface area contributed by atoms with E-state index < -0.39 is 0 Å². The molecule has 4 rings (SSSR count). The van der Waals surface area contributed by atoms with Crippen molar-refractivity contribution in [2.45, 2.75) is 26.2 Å². The van der Waals surface area contributed by atoms with Crippen molar-refractivity contribution in [2.24, 2.45) is 0 Å². The lowest BCUT2D eigenvalue weighted by Crippen LogP contribution is -2.33. The second-order valence-corrected chi connectivity index (χ2v) is 7.70. The summed E-state index contributed by atoms with van der Waals surface area (Å²) in [5.74, 6) is 1.40. The summed E-state index contributed by atoms with van der Waals surface area (Å²) in [7, 11) is 1.59. The van der Waals surface area contributed by atoms with Gasteiger partial charge in [0.05, 0.1) is 18.4 Å². The van der Waals surface area contributed by atoms with Gasteiger partial charge in [0, 0.05) is 47.8 Å². The molecule has 0 N–H and O–H groups in total. The predicted molar refractivity (Wildman–Crippen MR) is 118 cm³/mol. The van der Waals surface area contributed by atoms with Crippen molar-refractivity contribution in [3.63, 3.8) is 0 Å². The van der Waals surface area contributed by atoms with Gasteiger partial charge in [-0.3, -0.25) is 4.79 Å². The molecule has 0 spiro atoms. The molecule has 6 heteroatoms. The molecule has 0 fully saturated rings. The van der Waals surface area contributed by atoms with Gasteiger partial charge in [-0.2, -0.15) is 0 Å². The Bertz CT molecular complexity index is 1070. The number of nitrogens with zero attached hydrogens (tertiary/aromatic N) is 3. The fourth-order valence-corrected chi connectivity index (χ4v) is 3.98. The zero-order valence-corrected chi connectivity index (χ0v) is 17.9. The second-order valence-electron chi connectivity index (χ2n) is 7.27. The summed E-state index contributed by atoms with van der Waals surface area (Å²) in [6.07, 6.45) is 2.17. The van der Waals surface area contributed by atoms with Crippen molar-refractivity contribution in [1.29, 1.82) is 0 Å². The van der Waals surface area contributed by atoms with Crippen LogP contribution in [0.25, 0.3) is 11.3 Å². The van der Waals surface area contributed by atoms with E-state index in [1.54, 1.807) is 7.11 Å². The highest BCUT2D eigenvalue weighted by Gasteiger charge is 2.25. The standard InChI is InChI=1S/C24H24ClN3O2/c1-3-22-26-20-13-15-28(24(29)19-6-4-5-7-21(19)30-2)14-12-18(20)23(27-22)16-8-10-17(25)11-9-16/h4-11H,3,12-15H2,1-2H3. The van der Waals surface area contributed by atoms with Crippen LogP contribution in [0.4, 0.5) is 0 Å².